The number of aliphatic hydroxyl groups excluding tert-OH is 1. The van der Waals surface area contributed by atoms with Gasteiger partial charge in [-0.05, 0) is 32.1 Å². The lowest BCUT2D eigenvalue weighted by molar-refractivity contribution is 0.223. The Kier molecular flexibility index (Phi) is 4.78. The van der Waals surface area contributed by atoms with Crippen LogP contribution in [0.4, 0.5) is 0 Å². The van der Waals surface area contributed by atoms with E-state index in [-0.39, 0.29) is 12.6 Å². The van der Waals surface area contributed by atoms with Crippen LogP contribution in [0.25, 0.3) is 0 Å². The number of aromatic nitrogens is 2. The molecule has 1 aromatic heterocycles. The molecule has 0 saturated heterocycles. The van der Waals surface area contributed by atoms with Gasteiger partial charge in [0.25, 0.3) is 0 Å². The number of rotatable bonds is 6. The Morgan fingerprint density at radius 1 is 1.39 bits per heavy atom. The molecule has 0 bridgehead atoms. The molecule has 0 spiro atoms. The van der Waals surface area contributed by atoms with Gasteiger partial charge in [-0.1, -0.05) is 13.8 Å². The molecule has 1 atom stereocenters. The molecule has 0 aliphatic heterocycles. The van der Waals surface area contributed by atoms with E-state index in [1.54, 1.807) is 0 Å². The first-order chi connectivity index (χ1) is 8.70. The van der Waals surface area contributed by atoms with E-state index in [0.29, 0.717) is 6.04 Å². The van der Waals surface area contributed by atoms with Crippen molar-refractivity contribution >= 4 is 0 Å². The minimum atomic E-state index is 0.187. The number of nitrogens with zero attached hydrogens (tertiary/aromatic N) is 2. The topological polar surface area (TPSA) is 50.1 Å². The van der Waals surface area contributed by atoms with Crippen molar-refractivity contribution < 1.29 is 5.11 Å². The van der Waals surface area contributed by atoms with E-state index >= 15 is 0 Å². The summed E-state index contributed by atoms with van der Waals surface area (Å²) < 4.78 is 2.28. The van der Waals surface area contributed by atoms with Crippen LogP contribution in [0.3, 0.4) is 0 Å². The molecule has 4 heteroatoms. The molecule has 1 heterocycles. The van der Waals surface area contributed by atoms with Crippen molar-refractivity contribution in [2.45, 2.75) is 64.6 Å². The van der Waals surface area contributed by atoms with Crippen LogP contribution in [-0.4, -0.2) is 33.3 Å². The van der Waals surface area contributed by atoms with Crippen LogP contribution in [0.5, 0.6) is 0 Å². The Morgan fingerprint density at radius 2 is 2.17 bits per heavy atom. The van der Waals surface area contributed by atoms with Crippen LogP contribution in [0.15, 0.2) is 6.33 Å². The molecule has 18 heavy (non-hydrogen) atoms. The van der Waals surface area contributed by atoms with Crippen molar-refractivity contribution in [1.82, 2.24) is 14.9 Å². The standard InChI is InChI=1S/C14H25N3O/c1-11(2)16-12(9-18)7-8-17-10-15-13-5-3-4-6-14(13)17/h10-12,16,18H,3-9H2,1-2H3. The van der Waals surface area contributed by atoms with Crippen molar-refractivity contribution in [3.8, 4) is 0 Å². The maximum absolute atomic E-state index is 9.35. The van der Waals surface area contributed by atoms with Gasteiger partial charge in [0.05, 0.1) is 18.6 Å². The van der Waals surface area contributed by atoms with E-state index in [0.717, 1.165) is 25.8 Å². The Hall–Kier alpha value is -0.870. The van der Waals surface area contributed by atoms with Gasteiger partial charge in [0.15, 0.2) is 0 Å². The second kappa shape index (κ2) is 6.34. The van der Waals surface area contributed by atoms with E-state index in [4.69, 9.17) is 0 Å². The summed E-state index contributed by atoms with van der Waals surface area (Å²) in [5.74, 6) is 0. The maximum Gasteiger partial charge on any atom is 0.0951 e. The van der Waals surface area contributed by atoms with E-state index in [2.05, 4.69) is 28.7 Å². The van der Waals surface area contributed by atoms with Crippen LogP contribution in [-0.2, 0) is 19.4 Å². The van der Waals surface area contributed by atoms with Gasteiger partial charge in [-0.15, -0.1) is 0 Å². The molecular weight excluding hydrogens is 226 g/mol. The van der Waals surface area contributed by atoms with Crippen LogP contribution >= 0.6 is 0 Å². The van der Waals surface area contributed by atoms with Crippen LogP contribution in [0, 0.1) is 0 Å². The third-order valence-corrected chi connectivity index (χ3v) is 3.62. The lowest BCUT2D eigenvalue weighted by atomic mass is 10.0. The molecule has 1 aromatic rings. The molecule has 102 valence electrons. The first kappa shape index (κ1) is 13.6. The lowest BCUT2D eigenvalue weighted by Gasteiger charge is -2.20. The molecule has 2 rings (SSSR count). The number of hydrogen-bond donors (Lipinski definition) is 2. The highest BCUT2D eigenvalue weighted by molar-refractivity contribution is 5.16. The maximum atomic E-state index is 9.35. The summed E-state index contributed by atoms with van der Waals surface area (Å²) in [5, 5.41) is 12.7. The van der Waals surface area contributed by atoms with E-state index in [1.807, 2.05) is 6.33 Å². The zero-order valence-corrected chi connectivity index (χ0v) is 11.5. The van der Waals surface area contributed by atoms with Gasteiger partial charge in [0, 0.05) is 24.3 Å². The lowest BCUT2D eigenvalue weighted by Crippen LogP contribution is -2.38. The fourth-order valence-corrected chi connectivity index (χ4v) is 2.72. The summed E-state index contributed by atoms with van der Waals surface area (Å²) >= 11 is 0. The minimum Gasteiger partial charge on any atom is -0.395 e. The average molecular weight is 251 g/mol. The van der Waals surface area contributed by atoms with Crippen LogP contribution in [0.1, 0.15) is 44.5 Å². The number of aryl methyl sites for hydroxylation is 2. The van der Waals surface area contributed by atoms with Crippen molar-refractivity contribution in [1.29, 1.82) is 0 Å². The molecule has 1 aliphatic carbocycles. The predicted molar refractivity (Wildman–Crippen MR) is 72.6 cm³/mol. The summed E-state index contributed by atoms with van der Waals surface area (Å²) in [6.45, 7) is 5.38. The second-order valence-electron chi connectivity index (χ2n) is 5.53. The Labute approximate surface area is 109 Å². The zero-order chi connectivity index (χ0) is 13.0. The summed E-state index contributed by atoms with van der Waals surface area (Å²) in [4.78, 5) is 4.50. The van der Waals surface area contributed by atoms with Gasteiger partial charge < -0.3 is 15.0 Å². The van der Waals surface area contributed by atoms with Gasteiger partial charge in [-0.3, -0.25) is 0 Å². The second-order valence-corrected chi connectivity index (χ2v) is 5.53. The first-order valence-electron chi connectivity index (χ1n) is 7.10. The molecule has 1 unspecified atom stereocenters. The highest BCUT2D eigenvalue weighted by Crippen LogP contribution is 2.20. The molecule has 0 amide bonds. The fraction of sp³-hybridized carbons (Fsp3) is 0.786. The molecule has 0 radical (unpaired) electrons. The highest BCUT2D eigenvalue weighted by atomic mass is 16.3. The molecule has 0 fully saturated rings. The fourth-order valence-electron chi connectivity index (χ4n) is 2.72. The van der Waals surface area contributed by atoms with Crippen molar-refractivity contribution in [2.75, 3.05) is 6.61 Å². The van der Waals surface area contributed by atoms with Gasteiger partial charge in [0.2, 0.25) is 0 Å². The number of fused-ring (bicyclic) bond motifs is 1. The molecule has 0 saturated carbocycles. The number of nitrogens with one attached hydrogen (secondary N) is 1. The highest BCUT2D eigenvalue weighted by Gasteiger charge is 2.16. The molecule has 1 aliphatic rings. The quantitative estimate of drug-likeness (QED) is 0.806. The summed E-state index contributed by atoms with van der Waals surface area (Å²) in [7, 11) is 0. The SMILES string of the molecule is CC(C)NC(CO)CCn1cnc2c1CCCC2. The van der Waals surface area contributed by atoms with Crippen molar-refractivity contribution in [3.63, 3.8) is 0 Å². The third kappa shape index (κ3) is 3.33. The van der Waals surface area contributed by atoms with Crippen molar-refractivity contribution in [3.05, 3.63) is 17.7 Å². The molecule has 4 nitrogen and oxygen atoms in total. The number of aliphatic hydroxyl groups is 1. The summed E-state index contributed by atoms with van der Waals surface area (Å²) in [6, 6.07) is 0.602. The van der Waals surface area contributed by atoms with Gasteiger partial charge >= 0.3 is 0 Å². The van der Waals surface area contributed by atoms with Gasteiger partial charge in [-0.25, -0.2) is 4.98 Å². The van der Waals surface area contributed by atoms with Crippen molar-refractivity contribution in [2.24, 2.45) is 0 Å². The summed E-state index contributed by atoms with van der Waals surface area (Å²) in [5.41, 5.74) is 2.71. The van der Waals surface area contributed by atoms with Gasteiger partial charge in [0.1, 0.15) is 0 Å². The monoisotopic (exact) mass is 251 g/mol. The first-order valence-corrected chi connectivity index (χ1v) is 7.10. The van der Waals surface area contributed by atoms with Gasteiger partial charge in [-0.2, -0.15) is 0 Å². The Bertz CT molecular complexity index is 373. The van der Waals surface area contributed by atoms with E-state index in [9.17, 15) is 5.11 Å². The molecular formula is C14H25N3O. The van der Waals surface area contributed by atoms with Crippen LogP contribution in [0.2, 0.25) is 0 Å². The van der Waals surface area contributed by atoms with E-state index < -0.39 is 0 Å². The Balaban J connectivity index is 1.91. The predicted octanol–water partition coefficient (Wildman–Crippen LogP) is 1.51. The molecule has 0 aromatic carbocycles. The Morgan fingerprint density at radius 3 is 2.89 bits per heavy atom. The smallest absolute Gasteiger partial charge is 0.0951 e. The largest absolute Gasteiger partial charge is 0.395 e. The third-order valence-electron chi connectivity index (χ3n) is 3.62. The summed E-state index contributed by atoms with van der Waals surface area (Å²) in [6.07, 6.45) is 7.79. The molecule has 2 N–H and O–H groups in total. The normalized spacial score (nSPS) is 16.9. The van der Waals surface area contributed by atoms with Crippen LogP contribution < -0.4 is 5.32 Å². The number of imidazole rings is 1. The number of hydrogen-bond acceptors (Lipinski definition) is 3. The minimum absolute atomic E-state index is 0.187. The zero-order valence-electron chi connectivity index (χ0n) is 11.5. The van der Waals surface area contributed by atoms with E-state index in [1.165, 1.54) is 24.2 Å². The average Bonchev–Trinajstić information content (AvgIpc) is 2.77.